The van der Waals surface area contributed by atoms with Crippen LogP contribution in [0.1, 0.15) is 114 Å². The van der Waals surface area contributed by atoms with Crippen LogP contribution in [0.15, 0.2) is 36.8 Å². The Morgan fingerprint density at radius 3 is 2.34 bits per heavy atom. The van der Waals surface area contributed by atoms with Gasteiger partial charge in [-0.2, -0.15) is 0 Å². The molecule has 1 saturated heterocycles. The number of hydrogen-bond donors (Lipinski definition) is 4. The number of fused-ring (bicyclic) bond motifs is 1. The summed E-state index contributed by atoms with van der Waals surface area (Å²) in [7, 11) is 0. The lowest BCUT2D eigenvalue weighted by molar-refractivity contribution is -0.145. The van der Waals surface area contributed by atoms with Crippen LogP contribution in [0.25, 0.3) is 0 Å². The Labute approximate surface area is 343 Å². The van der Waals surface area contributed by atoms with Crippen LogP contribution in [0.5, 0.6) is 0 Å². The highest BCUT2D eigenvalue weighted by Gasteiger charge is 2.48. The quantitative estimate of drug-likeness (QED) is 0.205. The number of aromatic nitrogens is 2. The number of ether oxygens (including phenoxy) is 1. The van der Waals surface area contributed by atoms with Gasteiger partial charge in [-0.15, -0.1) is 0 Å². The van der Waals surface area contributed by atoms with E-state index in [9.17, 15) is 38.0 Å². The molecule has 4 N–H and O–H groups in total. The third kappa shape index (κ3) is 10.6. The van der Waals surface area contributed by atoms with Crippen molar-refractivity contribution in [3.63, 3.8) is 0 Å². The van der Waals surface area contributed by atoms with Gasteiger partial charge in [0.1, 0.15) is 35.7 Å². The molecule has 59 heavy (non-hydrogen) atoms. The van der Waals surface area contributed by atoms with Crippen LogP contribution in [0.2, 0.25) is 0 Å². The zero-order valence-corrected chi connectivity index (χ0v) is 34.1. The molecule has 1 aromatic heterocycles. The number of benzene rings is 1. The normalized spacial score (nSPS) is 20.8. The maximum atomic E-state index is 14.8. The average molecular weight is 819 g/mol. The predicted molar refractivity (Wildman–Crippen MR) is 210 cm³/mol. The molecule has 5 atom stereocenters. The Bertz CT molecular complexity index is 1910. The number of amides is 6. The highest BCUT2D eigenvalue weighted by molar-refractivity contribution is 6.38. The molecule has 1 unspecified atom stereocenters. The topological polar surface area (TPSA) is 209 Å². The van der Waals surface area contributed by atoms with Crippen LogP contribution in [-0.4, -0.2) is 104 Å². The van der Waals surface area contributed by atoms with Crippen LogP contribution in [0.4, 0.5) is 9.18 Å². The van der Waals surface area contributed by atoms with Gasteiger partial charge in [-0.1, -0.05) is 65.5 Å². The van der Waals surface area contributed by atoms with Gasteiger partial charge >= 0.3 is 6.09 Å². The van der Waals surface area contributed by atoms with E-state index in [1.165, 1.54) is 34.5 Å². The van der Waals surface area contributed by atoms with Crippen molar-refractivity contribution >= 4 is 41.4 Å². The minimum atomic E-state index is -1.26. The van der Waals surface area contributed by atoms with E-state index in [4.69, 9.17) is 4.74 Å². The summed E-state index contributed by atoms with van der Waals surface area (Å²) in [5.41, 5.74) is 0.124. The van der Waals surface area contributed by atoms with E-state index in [1.54, 1.807) is 32.9 Å². The van der Waals surface area contributed by atoms with E-state index < -0.39 is 82.9 Å². The van der Waals surface area contributed by atoms with Crippen molar-refractivity contribution in [1.82, 2.24) is 41.0 Å². The SMILES string of the molecule is CCC[C@H](NC(=O)C1C[C@@H](OC(=O)N2Cc3cccc(F)c3C2)CN1C(=O)[C@@H](NC(=O)[C@@H](NC(=O)c1cnccn1)C1CCCCC1)C(C)(C)C)C(=O)C(=O)NC1CC1. The second-order valence-corrected chi connectivity index (χ2v) is 17.2. The Balaban J connectivity index is 1.24. The minimum absolute atomic E-state index is 0.0163. The van der Waals surface area contributed by atoms with Gasteiger partial charge in [-0.25, -0.2) is 14.2 Å². The fraction of sp³-hybridized carbons (Fsp3) is 0.595. The zero-order valence-electron chi connectivity index (χ0n) is 34.1. The van der Waals surface area contributed by atoms with Gasteiger partial charge in [0, 0.05) is 37.0 Å². The number of carbonyl (C=O) groups is 7. The maximum absolute atomic E-state index is 14.8. The number of Topliss-reactive ketones (excluding diaryl/α,β-unsaturated/α-hetero) is 1. The first-order chi connectivity index (χ1) is 28.1. The number of nitrogens with zero attached hydrogens (tertiary/aromatic N) is 4. The van der Waals surface area contributed by atoms with Gasteiger partial charge in [0.05, 0.1) is 25.3 Å². The molecule has 4 aliphatic rings. The molecule has 16 nitrogen and oxygen atoms in total. The summed E-state index contributed by atoms with van der Waals surface area (Å²) in [5, 5.41) is 11.1. The molecular formula is C42H55FN8O8. The Morgan fingerprint density at radius 2 is 1.69 bits per heavy atom. The molecule has 2 aromatic rings. The number of rotatable bonds is 14. The molecule has 318 valence electrons. The first-order valence-corrected chi connectivity index (χ1v) is 20.7. The average Bonchev–Trinajstić information content (AvgIpc) is 3.74. The third-order valence-electron chi connectivity index (χ3n) is 11.5. The van der Waals surface area contributed by atoms with E-state index >= 15 is 0 Å². The van der Waals surface area contributed by atoms with Gasteiger partial charge in [0.15, 0.2) is 0 Å². The summed E-state index contributed by atoms with van der Waals surface area (Å²) < 4.78 is 20.4. The fourth-order valence-corrected chi connectivity index (χ4v) is 8.11. The van der Waals surface area contributed by atoms with Crippen molar-refractivity contribution in [2.24, 2.45) is 11.3 Å². The third-order valence-corrected chi connectivity index (χ3v) is 11.5. The van der Waals surface area contributed by atoms with Gasteiger partial charge in [-0.05, 0) is 55.1 Å². The summed E-state index contributed by atoms with van der Waals surface area (Å²) in [6.07, 6.45) is 8.45. The molecule has 0 spiro atoms. The Hall–Kier alpha value is -5.48. The first kappa shape index (κ1) is 43.1. The van der Waals surface area contributed by atoms with Crippen molar-refractivity contribution in [2.75, 3.05) is 6.54 Å². The van der Waals surface area contributed by atoms with Crippen LogP contribution < -0.4 is 21.3 Å². The van der Waals surface area contributed by atoms with Gasteiger partial charge < -0.3 is 30.9 Å². The molecule has 2 saturated carbocycles. The number of ketones is 1. The summed E-state index contributed by atoms with van der Waals surface area (Å²) in [6.45, 7) is 6.94. The highest BCUT2D eigenvalue weighted by atomic mass is 19.1. The molecule has 6 amide bonds. The lowest BCUT2D eigenvalue weighted by Crippen LogP contribution is -2.62. The Morgan fingerprint density at radius 1 is 0.949 bits per heavy atom. The number of nitrogens with one attached hydrogen (secondary N) is 4. The van der Waals surface area contributed by atoms with Crippen LogP contribution >= 0.6 is 0 Å². The van der Waals surface area contributed by atoms with Crippen molar-refractivity contribution in [1.29, 1.82) is 0 Å². The fourth-order valence-electron chi connectivity index (χ4n) is 8.11. The summed E-state index contributed by atoms with van der Waals surface area (Å²) in [5.74, 6) is -4.80. The van der Waals surface area contributed by atoms with Crippen molar-refractivity contribution in [2.45, 2.75) is 141 Å². The summed E-state index contributed by atoms with van der Waals surface area (Å²) in [6, 6.07) is -0.149. The largest absolute Gasteiger partial charge is 0.444 e. The summed E-state index contributed by atoms with van der Waals surface area (Å²) in [4.78, 5) is 107. The molecule has 6 rings (SSSR count). The van der Waals surface area contributed by atoms with E-state index in [-0.39, 0.29) is 50.1 Å². The van der Waals surface area contributed by atoms with E-state index in [2.05, 4.69) is 31.2 Å². The number of hydrogen-bond acceptors (Lipinski definition) is 10. The molecule has 0 radical (unpaired) electrons. The number of likely N-dealkylation sites (tertiary alicyclic amines) is 1. The van der Waals surface area contributed by atoms with Gasteiger partial charge in [-0.3, -0.25) is 38.7 Å². The molecule has 1 aromatic carbocycles. The molecule has 0 bridgehead atoms. The lowest BCUT2D eigenvalue weighted by Gasteiger charge is -2.37. The van der Waals surface area contributed by atoms with Crippen LogP contribution in [-0.2, 0) is 41.8 Å². The van der Waals surface area contributed by atoms with Crippen molar-refractivity contribution in [3.05, 3.63) is 59.4 Å². The highest BCUT2D eigenvalue weighted by Crippen LogP contribution is 2.32. The molecule has 3 heterocycles. The smallest absolute Gasteiger partial charge is 0.410 e. The van der Waals surface area contributed by atoms with E-state index in [0.29, 0.717) is 30.4 Å². The van der Waals surface area contributed by atoms with Crippen molar-refractivity contribution < 1.29 is 42.7 Å². The lowest BCUT2D eigenvalue weighted by atomic mass is 9.82. The standard InChI is InChI=1S/C42H55FN8O8/c1-5-10-30(34(52)39(56)46-26-15-16-26)47-37(54)32-19-27(59-41(58)50-21-25-13-9-14-29(43)28(25)23-50)22-51(32)40(57)35(42(2,3)4)49-38(55)33(24-11-7-6-8-12-24)48-36(53)31-20-44-17-18-45-31/h9,13-14,17-18,20,24,26-27,30,32-33,35H,5-8,10-12,15-16,19,21-23H2,1-4H3,(H,46,56)(H,47,54)(H,48,53)(H,49,55)/t27-,30+,32?,33+,35-/m1/s1. The molecule has 3 fully saturated rings. The van der Waals surface area contributed by atoms with E-state index in [0.717, 1.165) is 32.1 Å². The van der Waals surface area contributed by atoms with Crippen molar-refractivity contribution in [3.8, 4) is 0 Å². The molecule has 2 aliphatic carbocycles. The molecule has 2 aliphatic heterocycles. The summed E-state index contributed by atoms with van der Waals surface area (Å²) >= 11 is 0. The first-order valence-electron chi connectivity index (χ1n) is 20.7. The minimum Gasteiger partial charge on any atom is -0.444 e. The van der Waals surface area contributed by atoms with E-state index in [1.807, 2.05) is 6.92 Å². The molecule has 17 heteroatoms. The number of carbonyl (C=O) groups excluding carboxylic acids is 7. The van der Waals surface area contributed by atoms with Gasteiger partial charge in [0.25, 0.3) is 11.8 Å². The van der Waals surface area contributed by atoms with Gasteiger partial charge in [0.2, 0.25) is 23.5 Å². The monoisotopic (exact) mass is 818 g/mol. The second kappa shape index (κ2) is 18.6. The number of halogens is 1. The predicted octanol–water partition coefficient (Wildman–Crippen LogP) is 3.08. The molecular weight excluding hydrogens is 764 g/mol. The van der Waals surface area contributed by atoms with Crippen LogP contribution in [0.3, 0.4) is 0 Å². The van der Waals surface area contributed by atoms with Crippen LogP contribution in [0, 0.1) is 17.2 Å². The second-order valence-electron chi connectivity index (χ2n) is 17.2. The Kier molecular flexibility index (Phi) is 13.6. The maximum Gasteiger partial charge on any atom is 0.410 e. The zero-order chi connectivity index (χ0) is 42.4.